The van der Waals surface area contributed by atoms with Crippen LogP contribution in [0.1, 0.15) is 23.0 Å². The Balaban J connectivity index is 1.54. The number of carbonyl (C=O) groups is 1. The summed E-state index contributed by atoms with van der Waals surface area (Å²) in [5.74, 6) is -0.139. The van der Waals surface area contributed by atoms with Gasteiger partial charge in [0.25, 0.3) is 5.91 Å². The first-order valence-electron chi connectivity index (χ1n) is 8.89. The lowest BCUT2D eigenvalue weighted by Gasteiger charge is -2.16. The highest BCUT2D eigenvalue weighted by atomic mass is 31.2. The lowest BCUT2D eigenvalue weighted by molar-refractivity contribution is -0.0424. The number of imidazole rings is 1. The van der Waals surface area contributed by atoms with Crippen molar-refractivity contribution >= 4 is 30.7 Å². The second kappa shape index (κ2) is 8.19. The zero-order valence-corrected chi connectivity index (χ0v) is 16.3. The van der Waals surface area contributed by atoms with E-state index in [-0.39, 0.29) is 18.1 Å². The number of aliphatic hydroxyl groups excluding tert-OH is 1. The maximum absolute atomic E-state index is 12.4. The SMILES string of the molecule is O=C(Nc1ncnc2c1ncn2C1CC(O)C(COP(=O)(O)O)O1)c1ccccc1. The third-order valence-electron chi connectivity index (χ3n) is 4.55. The van der Waals surface area contributed by atoms with E-state index in [0.717, 1.165) is 0 Å². The highest BCUT2D eigenvalue weighted by molar-refractivity contribution is 7.46. The maximum Gasteiger partial charge on any atom is 0.469 e. The average molecular weight is 435 g/mol. The van der Waals surface area contributed by atoms with Crippen LogP contribution in [0.5, 0.6) is 0 Å². The summed E-state index contributed by atoms with van der Waals surface area (Å²) in [7, 11) is -4.68. The molecule has 1 aliphatic rings. The van der Waals surface area contributed by atoms with Gasteiger partial charge in [-0.3, -0.25) is 13.9 Å². The maximum atomic E-state index is 12.4. The number of anilines is 1. The van der Waals surface area contributed by atoms with Gasteiger partial charge in [-0.2, -0.15) is 0 Å². The Morgan fingerprint density at radius 3 is 2.77 bits per heavy atom. The van der Waals surface area contributed by atoms with Gasteiger partial charge < -0.3 is 24.9 Å². The molecule has 1 amide bonds. The number of amides is 1. The summed E-state index contributed by atoms with van der Waals surface area (Å²) >= 11 is 0. The van der Waals surface area contributed by atoms with Gasteiger partial charge in [0, 0.05) is 12.0 Å². The van der Waals surface area contributed by atoms with E-state index >= 15 is 0 Å². The van der Waals surface area contributed by atoms with Crippen LogP contribution in [-0.4, -0.2) is 59.1 Å². The smallest absolute Gasteiger partial charge is 0.390 e. The van der Waals surface area contributed by atoms with Gasteiger partial charge in [0.05, 0.1) is 19.0 Å². The van der Waals surface area contributed by atoms with E-state index < -0.39 is 32.9 Å². The van der Waals surface area contributed by atoms with Crippen LogP contribution < -0.4 is 5.32 Å². The van der Waals surface area contributed by atoms with Crippen molar-refractivity contribution in [1.82, 2.24) is 19.5 Å². The summed E-state index contributed by atoms with van der Waals surface area (Å²) in [6, 6.07) is 8.62. The van der Waals surface area contributed by atoms with Crippen molar-refractivity contribution in [3.8, 4) is 0 Å². The molecule has 3 aromatic rings. The van der Waals surface area contributed by atoms with Crippen molar-refractivity contribution in [2.24, 2.45) is 0 Å². The molecule has 0 spiro atoms. The molecule has 158 valence electrons. The number of nitrogens with one attached hydrogen (secondary N) is 1. The molecule has 0 saturated carbocycles. The molecule has 12 nitrogen and oxygen atoms in total. The van der Waals surface area contributed by atoms with E-state index in [1.54, 1.807) is 34.9 Å². The Bertz CT molecular complexity index is 1100. The van der Waals surface area contributed by atoms with E-state index in [1.807, 2.05) is 0 Å². The van der Waals surface area contributed by atoms with Crippen molar-refractivity contribution in [3.63, 3.8) is 0 Å². The van der Waals surface area contributed by atoms with E-state index in [9.17, 15) is 14.5 Å². The summed E-state index contributed by atoms with van der Waals surface area (Å²) in [5, 5.41) is 12.8. The third-order valence-corrected chi connectivity index (χ3v) is 5.03. The van der Waals surface area contributed by atoms with Crippen molar-refractivity contribution in [2.45, 2.75) is 24.9 Å². The number of rotatable bonds is 6. The van der Waals surface area contributed by atoms with Crippen LogP contribution >= 0.6 is 7.82 Å². The Kier molecular flexibility index (Phi) is 5.60. The van der Waals surface area contributed by atoms with E-state index in [2.05, 4.69) is 24.8 Å². The summed E-state index contributed by atoms with van der Waals surface area (Å²) in [5.41, 5.74) is 1.15. The molecule has 30 heavy (non-hydrogen) atoms. The number of benzene rings is 1. The Morgan fingerprint density at radius 1 is 1.27 bits per heavy atom. The fourth-order valence-electron chi connectivity index (χ4n) is 3.13. The molecule has 3 unspecified atom stereocenters. The second-order valence-corrected chi connectivity index (χ2v) is 7.82. The van der Waals surface area contributed by atoms with E-state index in [0.29, 0.717) is 16.7 Å². The first-order valence-corrected chi connectivity index (χ1v) is 10.4. The molecule has 1 saturated heterocycles. The van der Waals surface area contributed by atoms with Crippen LogP contribution in [0.15, 0.2) is 43.0 Å². The predicted octanol–water partition coefficient (Wildman–Crippen LogP) is 0.836. The molecule has 2 aromatic heterocycles. The van der Waals surface area contributed by atoms with Crippen LogP contribution in [0.4, 0.5) is 5.82 Å². The van der Waals surface area contributed by atoms with Crippen LogP contribution in [0.25, 0.3) is 11.2 Å². The molecule has 1 aliphatic heterocycles. The molecule has 4 rings (SSSR count). The van der Waals surface area contributed by atoms with Gasteiger partial charge in [-0.1, -0.05) is 18.2 Å². The summed E-state index contributed by atoms with van der Waals surface area (Å²) < 4.78 is 22.5. The van der Waals surface area contributed by atoms with Crippen molar-refractivity contribution < 1.29 is 33.5 Å². The van der Waals surface area contributed by atoms with Gasteiger partial charge in [0.2, 0.25) is 0 Å². The van der Waals surface area contributed by atoms with Gasteiger partial charge in [0.15, 0.2) is 17.0 Å². The van der Waals surface area contributed by atoms with Crippen molar-refractivity contribution in [1.29, 1.82) is 0 Å². The lowest BCUT2D eigenvalue weighted by atomic mass is 10.2. The Hall–Kier alpha value is -2.73. The number of ether oxygens (including phenoxy) is 1. The summed E-state index contributed by atoms with van der Waals surface area (Å²) in [6.45, 7) is -0.470. The largest absolute Gasteiger partial charge is 0.469 e. The first-order chi connectivity index (χ1) is 14.3. The standard InChI is InChI=1S/C17H18N5O7P/c23-11-6-13(29-12(11)7-28-30(25,26)27)22-9-20-14-15(18-8-19-16(14)22)21-17(24)10-4-2-1-3-5-10/h1-5,8-9,11-13,23H,6-7H2,(H2,25,26,27)(H,18,19,21,24). The highest BCUT2D eigenvalue weighted by Gasteiger charge is 2.37. The average Bonchev–Trinajstić information content (AvgIpc) is 3.30. The molecule has 3 heterocycles. The highest BCUT2D eigenvalue weighted by Crippen LogP contribution is 2.38. The number of phosphoric acid groups is 1. The van der Waals surface area contributed by atoms with E-state index in [4.69, 9.17) is 14.5 Å². The molecule has 0 bridgehead atoms. The number of hydrogen-bond donors (Lipinski definition) is 4. The monoisotopic (exact) mass is 435 g/mol. The quantitative estimate of drug-likeness (QED) is 0.407. The molecule has 1 fully saturated rings. The van der Waals surface area contributed by atoms with Crippen molar-refractivity contribution in [3.05, 3.63) is 48.5 Å². The van der Waals surface area contributed by atoms with Gasteiger partial charge in [-0.05, 0) is 12.1 Å². The van der Waals surface area contributed by atoms with Crippen LogP contribution in [-0.2, 0) is 13.8 Å². The van der Waals surface area contributed by atoms with Crippen LogP contribution in [0.2, 0.25) is 0 Å². The number of nitrogens with zero attached hydrogens (tertiary/aromatic N) is 4. The summed E-state index contributed by atoms with van der Waals surface area (Å²) in [4.78, 5) is 42.6. The molecule has 3 atom stereocenters. The number of aromatic nitrogens is 4. The molecule has 1 aromatic carbocycles. The van der Waals surface area contributed by atoms with Crippen molar-refractivity contribution in [2.75, 3.05) is 11.9 Å². The van der Waals surface area contributed by atoms with Gasteiger partial charge in [0.1, 0.15) is 18.7 Å². The second-order valence-electron chi connectivity index (χ2n) is 6.59. The fraction of sp³-hybridized carbons (Fsp3) is 0.294. The third kappa shape index (κ3) is 4.38. The predicted molar refractivity (Wildman–Crippen MR) is 102 cm³/mol. The Labute approximate surface area is 169 Å². The van der Waals surface area contributed by atoms with Crippen LogP contribution in [0.3, 0.4) is 0 Å². The summed E-state index contributed by atoms with van der Waals surface area (Å²) in [6.07, 6.45) is 0.207. The number of phosphoric ester groups is 1. The number of fused-ring (bicyclic) bond motifs is 1. The number of carbonyl (C=O) groups excluding carboxylic acids is 1. The zero-order chi connectivity index (χ0) is 21.3. The molecular formula is C17H18N5O7P. The van der Waals surface area contributed by atoms with Gasteiger partial charge in [-0.25, -0.2) is 19.5 Å². The topological polar surface area (TPSA) is 169 Å². The zero-order valence-electron chi connectivity index (χ0n) is 15.4. The normalized spacial score (nSPS) is 21.8. The molecular weight excluding hydrogens is 417 g/mol. The number of aliphatic hydroxyl groups is 1. The minimum Gasteiger partial charge on any atom is -0.390 e. The first kappa shape index (κ1) is 20.5. The lowest BCUT2D eigenvalue weighted by Crippen LogP contribution is -2.25. The minimum atomic E-state index is -4.68. The minimum absolute atomic E-state index is 0.135. The van der Waals surface area contributed by atoms with Gasteiger partial charge >= 0.3 is 7.82 Å². The Morgan fingerprint density at radius 2 is 2.03 bits per heavy atom. The number of hydrogen-bond acceptors (Lipinski definition) is 8. The molecule has 0 radical (unpaired) electrons. The van der Waals surface area contributed by atoms with Crippen LogP contribution in [0, 0.1) is 0 Å². The van der Waals surface area contributed by atoms with E-state index in [1.165, 1.54) is 12.7 Å². The molecule has 13 heteroatoms. The molecule has 4 N–H and O–H groups in total. The molecule has 0 aliphatic carbocycles. The fourth-order valence-corrected chi connectivity index (χ4v) is 3.47. The van der Waals surface area contributed by atoms with Gasteiger partial charge in [-0.15, -0.1) is 0 Å².